The molecule has 0 saturated carbocycles. The molecule has 0 aliphatic carbocycles. The molecular formula is C14H19N3O2S. The van der Waals surface area contributed by atoms with Crippen LogP contribution < -0.4 is 0 Å². The molecule has 2 aromatic rings. The van der Waals surface area contributed by atoms with E-state index < -0.39 is 0 Å². The lowest BCUT2D eigenvalue weighted by atomic mass is 10.0. The summed E-state index contributed by atoms with van der Waals surface area (Å²) in [4.78, 5) is 20.8. The van der Waals surface area contributed by atoms with Gasteiger partial charge in [-0.3, -0.25) is 4.79 Å². The molecule has 2 heterocycles. The summed E-state index contributed by atoms with van der Waals surface area (Å²) in [5.74, 6) is 1.98. The first-order chi connectivity index (χ1) is 9.58. The second-order valence-electron chi connectivity index (χ2n) is 4.98. The summed E-state index contributed by atoms with van der Waals surface area (Å²) in [6.45, 7) is 5.85. The van der Waals surface area contributed by atoms with Crippen LogP contribution in [0.3, 0.4) is 0 Å². The number of carbonyl (C=O) groups is 1. The topological polar surface area (TPSA) is 68.9 Å². The van der Waals surface area contributed by atoms with Crippen LogP contribution in [0.2, 0.25) is 0 Å². The summed E-state index contributed by atoms with van der Waals surface area (Å²) in [6, 6.07) is 0. The van der Waals surface area contributed by atoms with Gasteiger partial charge >= 0.3 is 0 Å². The van der Waals surface area contributed by atoms with Crippen LogP contribution in [0.5, 0.6) is 0 Å². The van der Waals surface area contributed by atoms with Crippen LogP contribution in [0.15, 0.2) is 10.7 Å². The molecule has 0 aliphatic heterocycles. The van der Waals surface area contributed by atoms with Crippen LogP contribution >= 0.6 is 11.3 Å². The van der Waals surface area contributed by atoms with Gasteiger partial charge in [0, 0.05) is 19.0 Å². The number of hydrogen-bond acceptors (Lipinski definition) is 6. The molecule has 6 heteroatoms. The third-order valence-electron chi connectivity index (χ3n) is 3.09. The Morgan fingerprint density at radius 3 is 2.95 bits per heavy atom. The molecule has 2 aromatic heterocycles. The molecule has 0 N–H and O–H groups in total. The van der Waals surface area contributed by atoms with Crippen LogP contribution in [-0.4, -0.2) is 20.9 Å². The van der Waals surface area contributed by atoms with Crippen molar-refractivity contribution in [1.82, 2.24) is 15.1 Å². The summed E-state index contributed by atoms with van der Waals surface area (Å²) in [7, 11) is 0. The van der Waals surface area contributed by atoms with Gasteiger partial charge in [-0.25, -0.2) is 4.98 Å². The molecule has 0 amide bonds. The van der Waals surface area contributed by atoms with E-state index in [1.54, 1.807) is 6.20 Å². The van der Waals surface area contributed by atoms with Crippen molar-refractivity contribution in [2.45, 2.75) is 46.5 Å². The second-order valence-corrected chi connectivity index (χ2v) is 6.09. The third-order valence-corrected chi connectivity index (χ3v) is 4.19. The van der Waals surface area contributed by atoms with Crippen molar-refractivity contribution in [2.75, 3.05) is 0 Å². The Morgan fingerprint density at radius 2 is 2.30 bits per heavy atom. The second kappa shape index (κ2) is 6.74. The zero-order valence-electron chi connectivity index (χ0n) is 12.0. The summed E-state index contributed by atoms with van der Waals surface area (Å²) in [6.07, 6.45) is 4.89. The molecule has 2 rings (SSSR count). The molecule has 0 aliphatic rings. The summed E-state index contributed by atoms with van der Waals surface area (Å²) in [5, 5.41) is 4.81. The number of aromatic nitrogens is 3. The summed E-state index contributed by atoms with van der Waals surface area (Å²) >= 11 is 1.51. The van der Waals surface area contributed by atoms with E-state index in [9.17, 15) is 4.79 Å². The molecule has 108 valence electrons. The van der Waals surface area contributed by atoms with Crippen LogP contribution in [0.25, 0.3) is 0 Å². The van der Waals surface area contributed by atoms with Gasteiger partial charge in [-0.05, 0) is 25.7 Å². The molecule has 1 atom stereocenters. The van der Waals surface area contributed by atoms with Crippen LogP contribution in [-0.2, 0) is 12.8 Å². The van der Waals surface area contributed by atoms with Crippen LogP contribution in [0.1, 0.15) is 53.1 Å². The fourth-order valence-corrected chi connectivity index (χ4v) is 2.86. The first kappa shape index (κ1) is 14.8. The quantitative estimate of drug-likeness (QED) is 0.733. The summed E-state index contributed by atoms with van der Waals surface area (Å²) in [5.41, 5.74) is 0. The van der Waals surface area contributed by atoms with Gasteiger partial charge in [-0.2, -0.15) is 4.98 Å². The molecule has 0 fully saturated rings. The van der Waals surface area contributed by atoms with Gasteiger partial charge in [0.25, 0.3) is 0 Å². The van der Waals surface area contributed by atoms with E-state index in [1.807, 2.05) is 13.8 Å². The predicted octanol–water partition coefficient (Wildman–Crippen LogP) is 3.24. The Labute approximate surface area is 122 Å². The van der Waals surface area contributed by atoms with Gasteiger partial charge in [0.2, 0.25) is 5.89 Å². The Morgan fingerprint density at radius 1 is 1.50 bits per heavy atom. The van der Waals surface area contributed by atoms with Gasteiger partial charge in [-0.1, -0.05) is 19.0 Å². The SMILES string of the molecule is CCC(=O)c1cnc(CCC(C)Cc2nc(C)no2)s1. The first-order valence-electron chi connectivity index (χ1n) is 6.85. The molecule has 0 saturated heterocycles. The number of ketones is 1. The third kappa shape index (κ3) is 3.96. The van der Waals surface area contributed by atoms with Crippen LogP contribution in [0, 0.1) is 12.8 Å². The van der Waals surface area contributed by atoms with Crippen molar-refractivity contribution in [3.05, 3.63) is 27.8 Å². The standard InChI is InChI=1S/C14H19N3O2S/c1-4-11(18)12-8-15-14(20-12)6-5-9(2)7-13-16-10(3)17-19-13/h8-9H,4-7H2,1-3H3. The molecule has 20 heavy (non-hydrogen) atoms. The Kier molecular flexibility index (Phi) is 5.00. The molecule has 0 bridgehead atoms. The lowest BCUT2D eigenvalue weighted by molar-refractivity contribution is 0.0992. The highest BCUT2D eigenvalue weighted by Crippen LogP contribution is 2.19. The minimum absolute atomic E-state index is 0.170. The fraction of sp³-hybridized carbons (Fsp3) is 0.571. The number of nitrogens with zero attached hydrogens (tertiary/aromatic N) is 3. The number of rotatable bonds is 7. The van der Waals surface area contributed by atoms with Gasteiger partial charge in [0.15, 0.2) is 11.6 Å². The van der Waals surface area contributed by atoms with E-state index >= 15 is 0 Å². The average molecular weight is 293 g/mol. The van der Waals surface area contributed by atoms with Gasteiger partial charge in [0.1, 0.15) is 0 Å². The molecule has 0 aromatic carbocycles. The zero-order chi connectivity index (χ0) is 14.5. The van der Waals surface area contributed by atoms with Gasteiger partial charge in [-0.15, -0.1) is 11.3 Å². The van der Waals surface area contributed by atoms with Crippen molar-refractivity contribution in [3.8, 4) is 0 Å². The van der Waals surface area contributed by atoms with Crippen molar-refractivity contribution in [2.24, 2.45) is 5.92 Å². The van der Waals surface area contributed by atoms with E-state index in [-0.39, 0.29) is 5.78 Å². The van der Waals surface area contributed by atoms with Crippen molar-refractivity contribution >= 4 is 17.1 Å². The highest BCUT2D eigenvalue weighted by Gasteiger charge is 2.12. The maximum Gasteiger partial charge on any atom is 0.226 e. The smallest absolute Gasteiger partial charge is 0.226 e. The lowest BCUT2D eigenvalue weighted by Crippen LogP contribution is -2.02. The number of thiazole rings is 1. The van der Waals surface area contributed by atoms with E-state index in [0.717, 1.165) is 29.1 Å². The highest BCUT2D eigenvalue weighted by molar-refractivity contribution is 7.13. The van der Waals surface area contributed by atoms with Crippen molar-refractivity contribution in [1.29, 1.82) is 0 Å². The Bertz CT molecular complexity index is 576. The molecule has 1 unspecified atom stereocenters. The monoisotopic (exact) mass is 293 g/mol. The van der Waals surface area contributed by atoms with Gasteiger partial charge in [0.05, 0.1) is 9.88 Å². The molecule has 0 spiro atoms. The minimum Gasteiger partial charge on any atom is -0.339 e. The number of carbonyl (C=O) groups excluding carboxylic acids is 1. The number of hydrogen-bond donors (Lipinski definition) is 0. The number of Topliss-reactive ketones (excluding diaryl/α,β-unsaturated/α-hetero) is 1. The van der Waals surface area contributed by atoms with Crippen molar-refractivity contribution < 1.29 is 9.32 Å². The zero-order valence-corrected chi connectivity index (χ0v) is 12.9. The average Bonchev–Trinajstić information content (AvgIpc) is 3.05. The van der Waals surface area contributed by atoms with E-state index in [4.69, 9.17) is 4.52 Å². The maximum absolute atomic E-state index is 11.6. The van der Waals surface area contributed by atoms with E-state index in [2.05, 4.69) is 22.0 Å². The first-order valence-corrected chi connectivity index (χ1v) is 7.67. The molecule has 5 nitrogen and oxygen atoms in total. The minimum atomic E-state index is 0.170. The van der Waals surface area contributed by atoms with E-state index in [1.165, 1.54) is 11.3 Å². The van der Waals surface area contributed by atoms with Gasteiger partial charge < -0.3 is 4.52 Å². The normalized spacial score (nSPS) is 12.6. The largest absolute Gasteiger partial charge is 0.339 e. The maximum atomic E-state index is 11.6. The fourth-order valence-electron chi connectivity index (χ4n) is 1.92. The van der Waals surface area contributed by atoms with Crippen molar-refractivity contribution in [3.63, 3.8) is 0 Å². The highest BCUT2D eigenvalue weighted by atomic mass is 32.1. The Balaban J connectivity index is 1.82. The van der Waals surface area contributed by atoms with E-state index in [0.29, 0.717) is 24.1 Å². The van der Waals surface area contributed by atoms with Crippen LogP contribution in [0.4, 0.5) is 0 Å². The Hall–Kier alpha value is -1.56. The molecule has 0 radical (unpaired) electrons. The predicted molar refractivity (Wildman–Crippen MR) is 77.0 cm³/mol. The number of aryl methyl sites for hydroxylation is 2. The summed E-state index contributed by atoms with van der Waals surface area (Å²) < 4.78 is 5.12. The lowest BCUT2D eigenvalue weighted by Gasteiger charge is -2.06. The molecular weight excluding hydrogens is 274 g/mol.